The van der Waals surface area contributed by atoms with E-state index in [1.165, 1.54) is 17.5 Å². The van der Waals surface area contributed by atoms with Gasteiger partial charge in [0.2, 0.25) is 0 Å². The minimum atomic E-state index is 0.224. The van der Waals surface area contributed by atoms with E-state index in [1.807, 2.05) is 19.1 Å². The van der Waals surface area contributed by atoms with Crippen LogP contribution in [0, 0.1) is 0 Å². The molecule has 0 amide bonds. The Kier molecular flexibility index (Phi) is 3.20. The van der Waals surface area contributed by atoms with Crippen molar-refractivity contribution < 1.29 is 4.79 Å². The van der Waals surface area contributed by atoms with Gasteiger partial charge in [-0.15, -0.1) is 0 Å². The van der Waals surface area contributed by atoms with Gasteiger partial charge in [-0.1, -0.05) is 61.5 Å². The Bertz CT molecular complexity index is 568. The minimum Gasteiger partial charge on any atom is -0.294 e. The Morgan fingerprint density at radius 2 is 1.53 bits per heavy atom. The lowest BCUT2D eigenvalue weighted by Gasteiger charge is -2.03. The fraction of sp³-hybridized carbons (Fsp3) is 0.278. The van der Waals surface area contributed by atoms with E-state index in [2.05, 4.69) is 42.5 Å². The molecule has 96 valence electrons. The number of carbonyl (C=O) groups excluding carboxylic acids is 1. The summed E-state index contributed by atoms with van der Waals surface area (Å²) in [5.41, 5.74) is 3.63. The lowest BCUT2D eigenvalue weighted by Crippen LogP contribution is -1.96. The van der Waals surface area contributed by atoms with Gasteiger partial charge in [-0.25, -0.2) is 0 Å². The van der Waals surface area contributed by atoms with E-state index in [4.69, 9.17) is 0 Å². The summed E-state index contributed by atoms with van der Waals surface area (Å²) in [6.45, 7) is 1.91. The first kappa shape index (κ1) is 12.2. The molecule has 2 atom stereocenters. The van der Waals surface area contributed by atoms with Crippen LogP contribution in [0.5, 0.6) is 0 Å². The highest BCUT2D eigenvalue weighted by molar-refractivity contribution is 5.95. The van der Waals surface area contributed by atoms with E-state index in [0.29, 0.717) is 18.3 Å². The largest absolute Gasteiger partial charge is 0.294 e. The van der Waals surface area contributed by atoms with Crippen molar-refractivity contribution in [2.45, 2.75) is 31.6 Å². The third-order valence-corrected chi connectivity index (χ3v) is 4.00. The van der Waals surface area contributed by atoms with Crippen molar-refractivity contribution in [3.63, 3.8) is 0 Å². The van der Waals surface area contributed by atoms with Gasteiger partial charge in [-0.2, -0.15) is 0 Å². The monoisotopic (exact) mass is 250 g/mol. The van der Waals surface area contributed by atoms with E-state index in [9.17, 15) is 4.79 Å². The van der Waals surface area contributed by atoms with Crippen LogP contribution in [-0.2, 0) is 0 Å². The molecule has 0 unspecified atom stereocenters. The summed E-state index contributed by atoms with van der Waals surface area (Å²) in [6, 6.07) is 18.9. The Hall–Kier alpha value is -1.89. The quantitative estimate of drug-likeness (QED) is 0.727. The molecule has 1 heteroatoms. The molecule has 2 aromatic rings. The van der Waals surface area contributed by atoms with Crippen molar-refractivity contribution in [2.75, 3.05) is 0 Å². The standard InChI is InChI=1S/C18H18O/c1-2-18(19)15-10-8-14(9-11-15)17-12-16(17)13-6-4-3-5-7-13/h3-11,16-17H,2,12H2,1H3/t16-,17-/m1/s1. The van der Waals surface area contributed by atoms with Gasteiger partial charge in [0.15, 0.2) is 5.78 Å². The highest BCUT2D eigenvalue weighted by Crippen LogP contribution is 2.54. The van der Waals surface area contributed by atoms with Crippen molar-refractivity contribution in [3.8, 4) is 0 Å². The SMILES string of the molecule is CCC(=O)c1ccc([C@H]2C[C@@H]2c2ccccc2)cc1. The van der Waals surface area contributed by atoms with Crippen LogP contribution in [0.3, 0.4) is 0 Å². The number of benzene rings is 2. The zero-order valence-electron chi connectivity index (χ0n) is 11.2. The highest BCUT2D eigenvalue weighted by atomic mass is 16.1. The second kappa shape index (κ2) is 5.00. The van der Waals surface area contributed by atoms with Crippen LogP contribution in [0.4, 0.5) is 0 Å². The third kappa shape index (κ3) is 2.46. The summed E-state index contributed by atoms with van der Waals surface area (Å²) in [7, 11) is 0. The first-order chi connectivity index (χ1) is 9.29. The molecule has 3 rings (SSSR count). The normalized spacial score (nSPS) is 21.1. The van der Waals surface area contributed by atoms with Gasteiger partial charge in [0.05, 0.1) is 0 Å². The molecular weight excluding hydrogens is 232 g/mol. The second-order valence-electron chi connectivity index (χ2n) is 5.26. The van der Waals surface area contributed by atoms with Gasteiger partial charge in [0.25, 0.3) is 0 Å². The Morgan fingerprint density at radius 3 is 2.11 bits per heavy atom. The summed E-state index contributed by atoms with van der Waals surface area (Å²) >= 11 is 0. The van der Waals surface area contributed by atoms with Crippen molar-refractivity contribution in [1.82, 2.24) is 0 Å². The Balaban J connectivity index is 1.74. The van der Waals surface area contributed by atoms with E-state index in [-0.39, 0.29) is 5.78 Å². The van der Waals surface area contributed by atoms with Crippen LogP contribution in [-0.4, -0.2) is 5.78 Å². The lowest BCUT2D eigenvalue weighted by molar-refractivity contribution is 0.0988. The van der Waals surface area contributed by atoms with Crippen LogP contribution >= 0.6 is 0 Å². The first-order valence-corrected chi connectivity index (χ1v) is 6.97. The zero-order chi connectivity index (χ0) is 13.2. The van der Waals surface area contributed by atoms with E-state index < -0.39 is 0 Å². The summed E-state index contributed by atoms with van der Waals surface area (Å²) in [6.07, 6.45) is 1.81. The molecule has 0 aromatic heterocycles. The van der Waals surface area contributed by atoms with Crippen LogP contribution in [0.25, 0.3) is 0 Å². The predicted octanol–water partition coefficient (Wildman–Crippen LogP) is 4.55. The molecule has 1 nitrogen and oxygen atoms in total. The molecule has 0 spiro atoms. The fourth-order valence-electron chi connectivity index (χ4n) is 2.75. The number of ketones is 1. The van der Waals surface area contributed by atoms with Crippen molar-refractivity contribution in [1.29, 1.82) is 0 Å². The zero-order valence-corrected chi connectivity index (χ0v) is 11.2. The van der Waals surface area contributed by atoms with Gasteiger partial charge in [0.1, 0.15) is 0 Å². The molecule has 0 heterocycles. The average molecular weight is 250 g/mol. The number of hydrogen-bond acceptors (Lipinski definition) is 1. The summed E-state index contributed by atoms with van der Waals surface area (Å²) in [4.78, 5) is 11.6. The van der Waals surface area contributed by atoms with Gasteiger partial charge in [-0.05, 0) is 29.4 Å². The maximum absolute atomic E-state index is 11.6. The molecule has 0 bridgehead atoms. The molecule has 2 aromatic carbocycles. The van der Waals surface area contributed by atoms with Gasteiger partial charge < -0.3 is 0 Å². The van der Waals surface area contributed by atoms with Gasteiger partial charge in [0, 0.05) is 12.0 Å². The van der Waals surface area contributed by atoms with Gasteiger partial charge >= 0.3 is 0 Å². The van der Waals surface area contributed by atoms with Crippen molar-refractivity contribution in [2.24, 2.45) is 0 Å². The Morgan fingerprint density at radius 1 is 0.947 bits per heavy atom. The van der Waals surface area contributed by atoms with E-state index >= 15 is 0 Å². The molecule has 0 aliphatic heterocycles. The molecule has 1 aliphatic rings. The minimum absolute atomic E-state index is 0.224. The maximum Gasteiger partial charge on any atom is 0.162 e. The van der Waals surface area contributed by atoms with Crippen LogP contribution in [0.15, 0.2) is 54.6 Å². The molecule has 1 aliphatic carbocycles. The molecular formula is C18H18O. The molecule has 1 saturated carbocycles. The Labute approximate surface area is 114 Å². The maximum atomic E-state index is 11.6. The highest BCUT2D eigenvalue weighted by Gasteiger charge is 2.39. The number of rotatable bonds is 4. The smallest absolute Gasteiger partial charge is 0.162 e. The number of carbonyl (C=O) groups is 1. The predicted molar refractivity (Wildman–Crippen MR) is 77.6 cm³/mol. The summed E-state index contributed by atoms with van der Waals surface area (Å²) in [5, 5.41) is 0. The molecule has 0 saturated heterocycles. The average Bonchev–Trinajstić information content (AvgIpc) is 3.28. The second-order valence-corrected chi connectivity index (χ2v) is 5.26. The summed E-state index contributed by atoms with van der Waals surface area (Å²) < 4.78 is 0. The third-order valence-electron chi connectivity index (χ3n) is 4.00. The lowest BCUT2D eigenvalue weighted by atomic mass is 10.0. The topological polar surface area (TPSA) is 17.1 Å². The summed E-state index contributed by atoms with van der Waals surface area (Å²) in [5.74, 6) is 1.52. The van der Waals surface area contributed by atoms with E-state index in [0.717, 1.165) is 5.56 Å². The van der Waals surface area contributed by atoms with Crippen molar-refractivity contribution in [3.05, 3.63) is 71.3 Å². The van der Waals surface area contributed by atoms with Crippen LogP contribution in [0.1, 0.15) is 53.1 Å². The molecule has 0 N–H and O–H groups in total. The first-order valence-electron chi connectivity index (χ1n) is 6.97. The van der Waals surface area contributed by atoms with E-state index in [1.54, 1.807) is 0 Å². The fourth-order valence-corrected chi connectivity index (χ4v) is 2.75. The number of hydrogen-bond donors (Lipinski definition) is 0. The van der Waals surface area contributed by atoms with Crippen LogP contribution < -0.4 is 0 Å². The van der Waals surface area contributed by atoms with Crippen molar-refractivity contribution >= 4 is 5.78 Å². The number of Topliss-reactive ketones (excluding diaryl/α,β-unsaturated/α-hetero) is 1. The molecule has 1 fully saturated rings. The molecule has 0 radical (unpaired) electrons. The van der Waals surface area contributed by atoms with Crippen LogP contribution in [0.2, 0.25) is 0 Å². The van der Waals surface area contributed by atoms with Gasteiger partial charge in [-0.3, -0.25) is 4.79 Å². The molecule has 19 heavy (non-hydrogen) atoms.